The lowest BCUT2D eigenvalue weighted by atomic mass is 10.2. The van der Waals surface area contributed by atoms with Crippen molar-refractivity contribution in [3.8, 4) is 0 Å². The summed E-state index contributed by atoms with van der Waals surface area (Å²) in [6.07, 6.45) is 1.62. The maximum Gasteiger partial charge on any atom is 0.294 e. The van der Waals surface area contributed by atoms with Gasteiger partial charge in [-0.05, 0) is 82.4 Å². The Morgan fingerprint density at radius 3 is 2.42 bits per heavy atom. The third-order valence-corrected chi connectivity index (χ3v) is 5.10. The Bertz CT molecular complexity index is 898. The number of thioether (sulfide) groups is 1. The standard InChI is InChI=1S/C18H12FIN2O3S/c19-12-3-7-14(8-4-12)21-16(23)10-22-17(24)15(26-18(22)25)9-11-1-5-13(20)6-2-11/h1-9H,10H2,(H,21,23). The van der Waals surface area contributed by atoms with Crippen LogP contribution in [0.15, 0.2) is 53.4 Å². The topological polar surface area (TPSA) is 66.5 Å². The molecule has 5 nitrogen and oxygen atoms in total. The first-order valence-electron chi connectivity index (χ1n) is 7.49. The molecule has 0 atom stereocenters. The van der Waals surface area contributed by atoms with Gasteiger partial charge in [0.2, 0.25) is 5.91 Å². The van der Waals surface area contributed by atoms with E-state index < -0.39 is 29.4 Å². The number of nitrogens with zero attached hydrogens (tertiary/aromatic N) is 1. The fraction of sp³-hybridized carbons (Fsp3) is 0.0556. The van der Waals surface area contributed by atoms with E-state index in [1.807, 2.05) is 24.3 Å². The average Bonchev–Trinajstić information content (AvgIpc) is 2.86. The minimum atomic E-state index is -0.533. The van der Waals surface area contributed by atoms with Crippen molar-refractivity contribution in [3.63, 3.8) is 0 Å². The number of amides is 3. The molecule has 1 fully saturated rings. The third kappa shape index (κ3) is 4.50. The van der Waals surface area contributed by atoms with Crippen molar-refractivity contribution in [2.45, 2.75) is 0 Å². The molecule has 0 saturated carbocycles. The van der Waals surface area contributed by atoms with Crippen molar-refractivity contribution in [2.75, 3.05) is 11.9 Å². The minimum absolute atomic E-state index is 0.269. The Morgan fingerprint density at radius 1 is 1.12 bits per heavy atom. The molecule has 0 aliphatic carbocycles. The second-order valence-electron chi connectivity index (χ2n) is 5.37. The smallest absolute Gasteiger partial charge is 0.294 e. The molecule has 0 spiro atoms. The molecule has 1 heterocycles. The Labute approximate surface area is 166 Å². The third-order valence-electron chi connectivity index (χ3n) is 3.47. The molecule has 3 rings (SSSR count). The minimum Gasteiger partial charge on any atom is -0.325 e. The lowest BCUT2D eigenvalue weighted by Crippen LogP contribution is -2.36. The summed E-state index contributed by atoms with van der Waals surface area (Å²) in [4.78, 5) is 37.7. The van der Waals surface area contributed by atoms with Crippen LogP contribution < -0.4 is 5.32 Å². The molecule has 26 heavy (non-hydrogen) atoms. The Balaban J connectivity index is 1.67. The van der Waals surface area contributed by atoms with Crippen molar-refractivity contribution in [1.29, 1.82) is 0 Å². The van der Waals surface area contributed by atoms with Gasteiger partial charge in [0.05, 0.1) is 4.91 Å². The van der Waals surface area contributed by atoms with E-state index in [4.69, 9.17) is 0 Å². The zero-order valence-corrected chi connectivity index (χ0v) is 16.2. The van der Waals surface area contributed by atoms with Gasteiger partial charge in [0.1, 0.15) is 12.4 Å². The quantitative estimate of drug-likeness (QED) is 0.527. The molecular formula is C18H12FIN2O3S. The van der Waals surface area contributed by atoms with Gasteiger partial charge in [-0.25, -0.2) is 4.39 Å². The van der Waals surface area contributed by atoms with Crippen LogP contribution in [0.1, 0.15) is 5.56 Å². The predicted molar refractivity (Wildman–Crippen MR) is 107 cm³/mol. The first-order valence-corrected chi connectivity index (χ1v) is 9.38. The van der Waals surface area contributed by atoms with Crippen molar-refractivity contribution in [2.24, 2.45) is 0 Å². The highest BCUT2D eigenvalue weighted by molar-refractivity contribution is 14.1. The fourth-order valence-corrected chi connectivity index (χ4v) is 3.42. The maximum atomic E-state index is 12.9. The van der Waals surface area contributed by atoms with E-state index in [-0.39, 0.29) is 4.91 Å². The second kappa shape index (κ2) is 8.00. The Morgan fingerprint density at radius 2 is 1.77 bits per heavy atom. The summed E-state index contributed by atoms with van der Waals surface area (Å²) >= 11 is 2.97. The number of carbonyl (C=O) groups is 3. The van der Waals surface area contributed by atoms with Crippen molar-refractivity contribution < 1.29 is 18.8 Å². The van der Waals surface area contributed by atoms with Crippen LogP contribution in [0, 0.1) is 9.39 Å². The van der Waals surface area contributed by atoms with Gasteiger partial charge in [0.15, 0.2) is 0 Å². The van der Waals surface area contributed by atoms with Crippen LogP contribution in [-0.2, 0) is 9.59 Å². The molecule has 0 radical (unpaired) electrons. The summed E-state index contributed by atoms with van der Waals surface area (Å²) in [5.74, 6) is -1.46. The number of imide groups is 1. The van der Waals surface area contributed by atoms with Gasteiger partial charge < -0.3 is 5.32 Å². The normalized spacial score (nSPS) is 15.6. The number of rotatable bonds is 4. The van der Waals surface area contributed by atoms with Gasteiger partial charge in [-0.3, -0.25) is 19.3 Å². The lowest BCUT2D eigenvalue weighted by molar-refractivity contribution is -0.127. The highest BCUT2D eigenvalue weighted by Crippen LogP contribution is 2.32. The number of halogens is 2. The summed E-state index contributed by atoms with van der Waals surface area (Å²) in [6, 6.07) is 12.7. The number of carbonyl (C=O) groups excluding carboxylic acids is 3. The van der Waals surface area contributed by atoms with Crippen LogP contribution in [0.3, 0.4) is 0 Å². The summed E-state index contributed by atoms with van der Waals surface area (Å²) in [5.41, 5.74) is 1.18. The van der Waals surface area contributed by atoms with E-state index in [2.05, 4.69) is 27.9 Å². The first kappa shape index (κ1) is 18.6. The number of benzene rings is 2. The average molecular weight is 482 g/mol. The molecule has 0 bridgehead atoms. The van der Waals surface area contributed by atoms with E-state index in [9.17, 15) is 18.8 Å². The number of anilines is 1. The fourth-order valence-electron chi connectivity index (χ4n) is 2.22. The Hall–Kier alpha value is -2.20. The molecule has 1 aliphatic heterocycles. The second-order valence-corrected chi connectivity index (χ2v) is 7.61. The summed E-state index contributed by atoms with van der Waals surface area (Å²) in [7, 11) is 0. The highest BCUT2D eigenvalue weighted by atomic mass is 127. The zero-order valence-electron chi connectivity index (χ0n) is 13.2. The molecule has 1 N–H and O–H groups in total. The van der Waals surface area contributed by atoms with Crippen LogP contribution in [0.2, 0.25) is 0 Å². The molecular weight excluding hydrogens is 470 g/mol. The molecule has 1 saturated heterocycles. The van der Waals surface area contributed by atoms with Gasteiger partial charge in [0, 0.05) is 9.26 Å². The molecule has 2 aromatic carbocycles. The van der Waals surface area contributed by atoms with Crippen molar-refractivity contribution in [3.05, 3.63) is 68.4 Å². The number of hydrogen-bond donors (Lipinski definition) is 1. The van der Waals surface area contributed by atoms with Crippen LogP contribution >= 0.6 is 34.4 Å². The van der Waals surface area contributed by atoms with Gasteiger partial charge in [-0.2, -0.15) is 0 Å². The SMILES string of the molecule is O=C(CN1C(=O)SC(=Cc2ccc(I)cc2)C1=O)Nc1ccc(F)cc1. The number of nitrogens with one attached hydrogen (secondary N) is 1. The van der Waals surface area contributed by atoms with E-state index in [1.54, 1.807) is 6.08 Å². The maximum absolute atomic E-state index is 12.9. The molecule has 3 amide bonds. The van der Waals surface area contributed by atoms with Crippen molar-refractivity contribution >= 4 is 63.2 Å². The predicted octanol–water partition coefficient (Wildman–Crippen LogP) is 4.11. The molecule has 0 aromatic heterocycles. The summed E-state index contributed by atoms with van der Waals surface area (Å²) in [6.45, 7) is -0.397. The zero-order chi connectivity index (χ0) is 18.7. The van der Waals surface area contributed by atoms with Crippen LogP contribution in [-0.4, -0.2) is 28.5 Å². The molecule has 0 unspecified atom stereocenters. The Kier molecular flexibility index (Phi) is 5.72. The summed E-state index contributed by atoms with van der Waals surface area (Å²) < 4.78 is 13.9. The summed E-state index contributed by atoms with van der Waals surface area (Å²) in [5, 5.41) is 2.03. The van der Waals surface area contributed by atoms with Crippen LogP contribution in [0.5, 0.6) is 0 Å². The highest BCUT2D eigenvalue weighted by Gasteiger charge is 2.36. The van der Waals surface area contributed by atoms with Gasteiger partial charge in [-0.15, -0.1) is 0 Å². The van der Waals surface area contributed by atoms with Gasteiger partial charge >= 0.3 is 0 Å². The van der Waals surface area contributed by atoms with E-state index in [0.717, 1.165) is 25.8 Å². The monoisotopic (exact) mass is 482 g/mol. The number of hydrogen-bond acceptors (Lipinski definition) is 4. The van der Waals surface area contributed by atoms with Gasteiger partial charge in [-0.1, -0.05) is 12.1 Å². The van der Waals surface area contributed by atoms with Gasteiger partial charge in [0.25, 0.3) is 11.1 Å². The molecule has 2 aromatic rings. The molecule has 132 valence electrons. The van der Waals surface area contributed by atoms with E-state index in [0.29, 0.717) is 5.69 Å². The van der Waals surface area contributed by atoms with E-state index in [1.165, 1.54) is 24.3 Å². The largest absolute Gasteiger partial charge is 0.325 e. The van der Waals surface area contributed by atoms with Crippen LogP contribution in [0.4, 0.5) is 14.9 Å². The van der Waals surface area contributed by atoms with Crippen LogP contribution in [0.25, 0.3) is 6.08 Å². The van der Waals surface area contributed by atoms with Crippen molar-refractivity contribution in [1.82, 2.24) is 4.90 Å². The molecule has 8 heteroatoms. The molecule has 1 aliphatic rings. The first-order chi connectivity index (χ1) is 12.4. The van der Waals surface area contributed by atoms with E-state index >= 15 is 0 Å². The lowest BCUT2D eigenvalue weighted by Gasteiger charge is -2.12.